The van der Waals surface area contributed by atoms with E-state index in [1.807, 2.05) is 0 Å². The summed E-state index contributed by atoms with van der Waals surface area (Å²) in [6.07, 6.45) is 5.35. The summed E-state index contributed by atoms with van der Waals surface area (Å²) in [4.78, 5) is 2.59. The molecule has 2 unspecified atom stereocenters. The average Bonchev–Trinajstić information content (AvgIpc) is 3.73. The molecular formula is C53H37NO. The van der Waals surface area contributed by atoms with E-state index in [1.165, 1.54) is 94.1 Å². The van der Waals surface area contributed by atoms with Crippen molar-refractivity contribution in [2.45, 2.75) is 31.1 Å². The van der Waals surface area contributed by atoms with Crippen molar-refractivity contribution in [1.29, 1.82) is 0 Å². The monoisotopic (exact) mass is 703 g/mol. The summed E-state index contributed by atoms with van der Waals surface area (Å²) < 4.78 is 6.70. The van der Waals surface area contributed by atoms with E-state index in [-0.39, 0.29) is 10.8 Å². The van der Waals surface area contributed by atoms with E-state index in [4.69, 9.17) is 4.42 Å². The number of anilines is 3. The van der Waals surface area contributed by atoms with Crippen LogP contribution >= 0.6 is 0 Å². The molecule has 1 aromatic heterocycles. The van der Waals surface area contributed by atoms with Gasteiger partial charge in [-0.2, -0.15) is 0 Å². The van der Waals surface area contributed by atoms with Crippen LogP contribution in [-0.2, 0) is 10.8 Å². The van der Waals surface area contributed by atoms with E-state index in [2.05, 4.69) is 195 Å². The van der Waals surface area contributed by atoms with Gasteiger partial charge in [0.2, 0.25) is 0 Å². The molecule has 0 saturated carbocycles. The maximum Gasteiger partial charge on any atom is 0.135 e. The predicted octanol–water partition coefficient (Wildman–Crippen LogP) is 14.2. The van der Waals surface area contributed by atoms with Crippen molar-refractivity contribution < 1.29 is 4.42 Å². The first-order valence-corrected chi connectivity index (χ1v) is 19.4. The number of fused-ring (bicyclic) bond motifs is 10. The highest BCUT2D eigenvalue weighted by Crippen LogP contribution is 2.64. The molecule has 2 atom stereocenters. The molecule has 260 valence electrons. The molecule has 9 aromatic rings. The molecule has 8 aromatic carbocycles. The zero-order valence-electron chi connectivity index (χ0n) is 30.8. The van der Waals surface area contributed by atoms with Gasteiger partial charge in [0.25, 0.3) is 0 Å². The SMILES string of the molecule is CC1(c2ccccc2N2c3cccc(-c4ccc5ccccc5c4)c3C3(C)c4ccccc4-c4cccc2c43)CC=Cc2oc3cc4ccccc4cc3c21. The summed E-state index contributed by atoms with van der Waals surface area (Å²) in [5.74, 6) is 0.954. The molecule has 2 heterocycles. The Kier molecular flexibility index (Phi) is 6.14. The van der Waals surface area contributed by atoms with Crippen LogP contribution in [0.2, 0.25) is 0 Å². The van der Waals surface area contributed by atoms with Gasteiger partial charge in [-0.1, -0.05) is 140 Å². The Hall–Kier alpha value is -6.64. The number of allylic oxidation sites excluding steroid dienone is 1. The maximum absolute atomic E-state index is 6.70. The number of nitrogens with zero attached hydrogens (tertiary/aromatic N) is 1. The van der Waals surface area contributed by atoms with Gasteiger partial charge in [-0.25, -0.2) is 0 Å². The molecule has 0 amide bonds. The van der Waals surface area contributed by atoms with E-state index in [9.17, 15) is 0 Å². The molecular weight excluding hydrogens is 667 g/mol. The van der Waals surface area contributed by atoms with Crippen molar-refractivity contribution in [3.8, 4) is 22.3 Å². The number of rotatable bonds is 3. The zero-order chi connectivity index (χ0) is 36.5. The lowest BCUT2D eigenvalue weighted by atomic mass is 9.67. The highest BCUT2D eigenvalue weighted by atomic mass is 16.3. The number of benzene rings is 8. The summed E-state index contributed by atoms with van der Waals surface area (Å²) >= 11 is 0. The summed E-state index contributed by atoms with van der Waals surface area (Å²) in [5, 5.41) is 6.13. The third-order valence-electron chi connectivity index (χ3n) is 13.1. The molecule has 2 nitrogen and oxygen atoms in total. The fourth-order valence-electron chi connectivity index (χ4n) is 10.6. The van der Waals surface area contributed by atoms with Crippen LogP contribution in [0.15, 0.2) is 174 Å². The van der Waals surface area contributed by atoms with Gasteiger partial charge in [0.05, 0.1) is 17.1 Å². The summed E-state index contributed by atoms with van der Waals surface area (Å²) in [5.41, 5.74) is 15.7. The van der Waals surface area contributed by atoms with Crippen LogP contribution in [-0.4, -0.2) is 0 Å². The smallest absolute Gasteiger partial charge is 0.135 e. The van der Waals surface area contributed by atoms with Crippen molar-refractivity contribution in [2.24, 2.45) is 0 Å². The summed E-state index contributed by atoms with van der Waals surface area (Å²) in [6.45, 7) is 4.89. The molecule has 0 fully saturated rings. The first-order chi connectivity index (χ1) is 27.0. The van der Waals surface area contributed by atoms with E-state index < -0.39 is 0 Å². The molecule has 0 saturated heterocycles. The minimum absolute atomic E-state index is 0.355. The van der Waals surface area contributed by atoms with Crippen molar-refractivity contribution in [1.82, 2.24) is 0 Å². The molecule has 12 rings (SSSR count). The molecule has 2 heteroatoms. The minimum atomic E-state index is -0.363. The van der Waals surface area contributed by atoms with Crippen LogP contribution in [0, 0.1) is 0 Å². The van der Waals surface area contributed by atoms with Gasteiger partial charge in [-0.3, -0.25) is 0 Å². The fraction of sp³-hybridized carbons (Fsp3) is 0.0943. The lowest BCUT2D eigenvalue weighted by Crippen LogP contribution is -2.34. The minimum Gasteiger partial charge on any atom is -0.456 e. The van der Waals surface area contributed by atoms with Gasteiger partial charge in [-0.15, -0.1) is 0 Å². The Balaban J connectivity index is 1.15. The summed E-state index contributed by atoms with van der Waals surface area (Å²) in [6, 6.07) is 60.9. The number of furan rings is 1. The maximum atomic E-state index is 6.70. The van der Waals surface area contributed by atoms with E-state index in [1.54, 1.807) is 0 Å². The molecule has 0 spiro atoms. The van der Waals surface area contributed by atoms with Crippen LogP contribution in [0.25, 0.3) is 60.8 Å². The number of hydrogen-bond acceptors (Lipinski definition) is 2. The van der Waals surface area contributed by atoms with E-state index >= 15 is 0 Å². The Morgan fingerprint density at radius 3 is 1.89 bits per heavy atom. The number of hydrogen-bond donors (Lipinski definition) is 0. The van der Waals surface area contributed by atoms with Crippen LogP contribution in [0.5, 0.6) is 0 Å². The molecule has 1 aliphatic heterocycles. The standard InChI is InChI=1S/C53H37NO/c1-52(29-13-26-47-51(52)41-31-35-16-5-6-17-36(35)32-48(41)55-47)43-22-9-10-23-44(43)54-45-24-11-19-38(37-28-27-33-14-3-4-15-34(33)30-37)49(45)53(2)42-21-8-7-18-39(42)40-20-12-25-46(54)50(40)53/h3-28,30-32H,29H2,1-2H3. The van der Waals surface area contributed by atoms with Gasteiger partial charge >= 0.3 is 0 Å². The van der Waals surface area contributed by atoms with Crippen LogP contribution in [0.4, 0.5) is 17.1 Å². The Bertz CT molecular complexity index is 3130. The molecule has 3 aliphatic rings. The molecule has 0 N–H and O–H groups in total. The summed E-state index contributed by atoms with van der Waals surface area (Å²) in [7, 11) is 0. The zero-order valence-corrected chi connectivity index (χ0v) is 30.8. The molecule has 2 aliphatic carbocycles. The molecule has 0 radical (unpaired) electrons. The van der Waals surface area contributed by atoms with Gasteiger partial charge in [0, 0.05) is 21.8 Å². The quantitative estimate of drug-likeness (QED) is 0.182. The largest absolute Gasteiger partial charge is 0.456 e. The normalized spacial score (nSPS) is 19.1. The lowest BCUT2D eigenvalue weighted by Gasteiger charge is -2.45. The average molecular weight is 704 g/mol. The highest BCUT2D eigenvalue weighted by molar-refractivity contribution is 6.03. The van der Waals surface area contributed by atoms with Crippen molar-refractivity contribution in [3.63, 3.8) is 0 Å². The van der Waals surface area contributed by atoms with Gasteiger partial charge in [-0.05, 0) is 122 Å². The van der Waals surface area contributed by atoms with Gasteiger partial charge < -0.3 is 9.32 Å². The van der Waals surface area contributed by atoms with Gasteiger partial charge in [0.1, 0.15) is 11.3 Å². The first-order valence-electron chi connectivity index (χ1n) is 19.4. The van der Waals surface area contributed by atoms with E-state index in [0.29, 0.717) is 0 Å². The Labute approximate surface area is 320 Å². The molecule has 55 heavy (non-hydrogen) atoms. The van der Waals surface area contributed by atoms with Crippen LogP contribution in [0.3, 0.4) is 0 Å². The van der Waals surface area contributed by atoms with E-state index in [0.717, 1.165) is 17.8 Å². The van der Waals surface area contributed by atoms with Gasteiger partial charge in [0.15, 0.2) is 0 Å². The van der Waals surface area contributed by atoms with Crippen molar-refractivity contribution in [2.75, 3.05) is 4.90 Å². The fourth-order valence-corrected chi connectivity index (χ4v) is 10.6. The third kappa shape index (κ3) is 4.04. The first kappa shape index (κ1) is 30.8. The third-order valence-corrected chi connectivity index (χ3v) is 13.1. The highest BCUT2D eigenvalue weighted by Gasteiger charge is 2.50. The number of para-hydroxylation sites is 1. The van der Waals surface area contributed by atoms with Crippen LogP contribution in [0.1, 0.15) is 53.8 Å². The second-order valence-corrected chi connectivity index (χ2v) is 16.0. The Morgan fingerprint density at radius 2 is 1.09 bits per heavy atom. The topological polar surface area (TPSA) is 16.4 Å². The predicted molar refractivity (Wildman–Crippen MR) is 229 cm³/mol. The Morgan fingerprint density at radius 1 is 0.491 bits per heavy atom. The van der Waals surface area contributed by atoms with Crippen LogP contribution < -0.4 is 4.90 Å². The van der Waals surface area contributed by atoms with Crippen molar-refractivity contribution >= 4 is 55.7 Å². The lowest BCUT2D eigenvalue weighted by molar-refractivity contribution is 0.535. The second-order valence-electron chi connectivity index (χ2n) is 16.0. The van der Waals surface area contributed by atoms with Crippen molar-refractivity contribution in [3.05, 3.63) is 203 Å². The molecule has 0 bridgehead atoms. The second kappa shape index (κ2) is 11.0.